The molecule has 0 saturated heterocycles. The third kappa shape index (κ3) is 7.73. The van der Waals surface area contributed by atoms with Crippen LogP contribution < -0.4 is 26.0 Å². The van der Waals surface area contributed by atoms with Crippen LogP contribution in [0.3, 0.4) is 0 Å². The maximum Gasteiger partial charge on any atom is 0.308 e. The fraction of sp³-hybridized carbons (Fsp3) is 0.167. The number of hydrogen-bond acceptors (Lipinski definition) is 8. The molecule has 3 amide bonds. The molecule has 0 bridgehead atoms. The standard InChI is InChI=1S/C36H32N4O9/c1-19(41)28-29(31(36(47)48)30(28)35(45)46)34(44)40-23-9-5-21(6-10-23)33(43)39-25-13-17-27(18-14-25)49-26-15-11-24(12-16-26)38-32(42)20-3-7-22(37-2)8-4-20/h3-18,28-31,37H,1-2H3,(H,38,42)(H,39,43)(H,40,44)(H,45,46)(H,47,48). The van der Waals surface area contributed by atoms with Crippen LogP contribution in [0.15, 0.2) is 97.1 Å². The van der Waals surface area contributed by atoms with Crippen LogP contribution in [-0.2, 0) is 19.2 Å². The van der Waals surface area contributed by atoms with Crippen molar-refractivity contribution in [1.29, 1.82) is 0 Å². The van der Waals surface area contributed by atoms with E-state index in [1.165, 1.54) is 24.3 Å². The molecule has 49 heavy (non-hydrogen) atoms. The number of carboxylic acids is 2. The number of hydrogen-bond donors (Lipinski definition) is 6. The second kappa shape index (κ2) is 14.5. The number of Topliss-reactive ketones (excluding diaryl/α,β-unsaturated/α-hetero) is 1. The number of carbonyl (C=O) groups excluding carboxylic acids is 4. The van der Waals surface area contributed by atoms with Crippen LogP contribution in [0.2, 0.25) is 0 Å². The number of ether oxygens (including phenoxy) is 1. The predicted molar refractivity (Wildman–Crippen MR) is 180 cm³/mol. The number of amides is 3. The molecule has 5 rings (SSSR count). The molecule has 4 aromatic carbocycles. The van der Waals surface area contributed by atoms with Gasteiger partial charge in [0.15, 0.2) is 0 Å². The average Bonchev–Trinajstić information content (AvgIpc) is 3.06. The van der Waals surface area contributed by atoms with Crippen LogP contribution in [0, 0.1) is 23.7 Å². The molecule has 0 spiro atoms. The van der Waals surface area contributed by atoms with E-state index < -0.39 is 53.2 Å². The molecular formula is C36H32N4O9. The summed E-state index contributed by atoms with van der Waals surface area (Å²) in [6, 6.07) is 26.4. The van der Waals surface area contributed by atoms with Crippen molar-refractivity contribution in [2.75, 3.05) is 28.3 Å². The summed E-state index contributed by atoms with van der Waals surface area (Å²) in [5.41, 5.74) is 3.02. The molecule has 1 fully saturated rings. The van der Waals surface area contributed by atoms with E-state index in [-0.39, 0.29) is 17.2 Å². The van der Waals surface area contributed by atoms with Gasteiger partial charge in [-0.2, -0.15) is 0 Å². The summed E-state index contributed by atoms with van der Waals surface area (Å²) >= 11 is 0. The Morgan fingerprint density at radius 1 is 0.510 bits per heavy atom. The summed E-state index contributed by atoms with van der Waals surface area (Å²) in [6.45, 7) is 1.13. The Morgan fingerprint density at radius 2 is 0.878 bits per heavy atom. The lowest BCUT2D eigenvalue weighted by atomic mass is 9.55. The molecule has 4 atom stereocenters. The van der Waals surface area contributed by atoms with Gasteiger partial charge in [0.1, 0.15) is 17.3 Å². The van der Waals surface area contributed by atoms with Gasteiger partial charge in [0.2, 0.25) is 5.91 Å². The number of aliphatic carboxylic acids is 2. The van der Waals surface area contributed by atoms with Crippen molar-refractivity contribution in [3.63, 3.8) is 0 Å². The van der Waals surface area contributed by atoms with Crippen LogP contribution in [0.4, 0.5) is 22.7 Å². The molecule has 1 aliphatic rings. The van der Waals surface area contributed by atoms with E-state index >= 15 is 0 Å². The number of rotatable bonds is 12. The first-order valence-corrected chi connectivity index (χ1v) is 15.1. The number of nitrogens with one attached hydrogen (secondary N) is 4. The molecule has 13 heteroatoms. The van der Waals surface area contributed by atoms with E-state index in [0.29, 0.717) is 28.4 Å². The minimum Gasteiger partial charge on any atom is -0.481 e. The van der Waals surface area contributed by atoms with Gasteiger partial charge in [0.25, 0.3) is 11.8 Å². The predicted octanol–water partition coefficient (Wildman–Crippen LogP) is 5.20. The molecule has 1 aliphatic carbocycles. The third-order valence-corrected chi connectivity index (χ3v) is 8.20. The van der Waals surface area contributed by atoms with E-state index in [0.717, 1.165) is 12.6 Å². The Hall–Kier alpha value is -6.50. The first kappa shape index (κ1) is 33.9. The summed E-state index contributed by atoms with van der Waals surface area (Å²) in [5, 5.41) is 30.0. The van der Waals surface area contributed by atoms with Gasteiger partial charge in [-0.15, -0.1) is 0 Å². The van der Waals surface area contributed by atoms with Crippen molar-refractivity contribution in [1.82, 2.24) is 0 Å². The van der Waals surface area contributed by atoms with Crippen molar-refractivity contribution in [2.45, 2.75) is 6.92 Å². The SMILES string of the molecule is CNc1ccc(C(=O)Nc2ccc(Oc3ccc(NC(=O)c4ccc(NC(=O)C5C(C(C)=O)C(C(=O)O)C5C(=O)O)cc4)cc3)cc2)cc1. The Balaban J connectivity index is 1.13. The first-order valence-electron chi connectivity index (χ1n) is 15.1. The third-order valence-electron chi connectivity index (χ3n) is 8.20. The first-order chi connectivity index (χ1) is 23.4. The van der Waals surface area contributed by atoms with Crippen LogP contribution in [-0.4, -0.2) is 52.7 Å². The Bertz CT molecular complexity index is 1870. The zero-order chi connectivity index (χ0) is 35.2. The van der Waals surface area contributed by atoms with Gasteiger partial charge in [-0.3, -0.25) is 28.8 Å². The summed E-state index contributed by atoms with van der Waals surface area (Å²) < 4.78 is 5.88. The highest BCUT2D eigenvalue weighted by Gasteiger charge is 2.62. The van der Waals surface area contributed by atoms with Gasteiger partial charge in [-0.1, -0.05) is 0 Å². The molecule has 4 aromatic rings. The molecule has 0 aromatic heterocycles. The van der Waals surface area contributed by atoms with Gasteiger partial charge in [0.05, 0.1) is 17.8 Å². The Labute approximate surface area is 280 Å². The highest BCUT2D eigenvalue weighted by Crippen LogP contribution is 2.47. The number of ketones is 1. The number of anilines is 4. The van der Waals surface area contributed by atoms with Gasteiger partial charge < -0.3 is 36.2 Å². The van der Waals surface area contributed by atoms with Crippen molar-refractivity contribution in [2.24, 2.45) is 23.7 Å². The fourth-order valence-electron chi connectivity index (χ4n) is 5.67. The van der Waals surface area contributed by atoms with Gasteiger partial charge >= 0.3 is 11.9 Å². The molecule has 6 N–H and O–H groups in total. The fourth-order valence-corrected chi connectivity index (χ4v) is 5.67. The van der Waals surface area contributed by atoms with E-state index in [4.69, 9.17) is 4.74 Å². The van der Waals surface area contributed by atoms with Crippen LogP contribution in [0.5, 0.6) is 11.5 Å². The summed E-state index contributed by atoms with van der Waals surface area (Å²) in [4.78, 5) is 73.5. The number of carbonyl (C=O) groups is 6. The number of carboxylic acid groups (broad SMARTS) is 2. The van der Waals surface area contributed by atoms with E-state index in [9.17, 15) is 39.0 Å². The van der Waals surface area contributed by atoms with Gasteiger partial charge in [-0.05, 0) is 104 Å². The molecule has 13 nitrogen and oxygen atoms in total. The van der Waals surface area contributed by atoms with E-state index in [1.54, 1.807) is 67.7 Å². The highest BCUT2D eigenvalue weighted by molar-refractivity contribution is 6.06. The Morgan fingerprint density at radius 3 is 1.27 bits per heavy atom. The van der Waals surface area contributed by atoms with Crippen LogP contribution >= 0.6 is 0 Å². The summed E-state index contributed by atoms with van der Waals surface area (Å²) in [5.74, 6) is -9.55. The van der Waals surface area contributed by atoms with Crippen LogP contribution in [0.1, 0.15) is 27.6 Å². The highest BCUT2D eigenvalue weighted by atomic mass is 16.5. The maximum absolute atomic E-state index is 12.9. The zero-order valence-corrected chi connectivity index (χ0v) is 26.3. The lowest BCUT2D eigenvalue weighted by Crippen LogP contribution is -2.60. The van der Waals surface area contributed by atoms with Crippen molar-refractivity contribution < 1.29 is 43.7 Å². The molecule has 0 radical (unpaired) electrons. The van der Waals surface area contributed by atoms with Crippen molar-refractivity contribution in [3.05, 3.63) is 108 Å². The van der Waals surface area contributed by atoms with Crippen molar-refractivity contribution in [3.8, 4) is 11.5 Å². The normalized spacial score (nSPS) is 17.8. The number of benzene rings is 4. The maximum atomic E-state index is 12.9. The monoisotopic (exact) mass is 664 g/mol. The smallest absolute Gasteiger partial charge is 0.308 e. The molecule has 0 heterocycles. The van der Waals surface area contributed by atoms with Crippen molar-refractivity contribution >= 4 is 58.2 Å². The second-order valence-corrected chi connectivity index (χ2v) is 11.3. The molecule has 1 saturated carbocycles. The second-order valence-electron chi connectivity index (χ2n) is 11.3. The minimum atomic E-state index is -1.54. The average molecular weight is 665 g/mol. The molecule has 250 valence electrons. The van der Waals surface area contributed by atoms with Gasteiger partial charge in [-0.25, -0.2) is 0 Å². The lowest BCUT2D eigenvalue weighted by molar-refractivity contribution is -0.179. The van der Waals surface area contributed by atoms with E-state index in [2.05, 4.69) is 21.3 Å². The molecule has 0 aliphatic heterocycles. The molecule has 4 unspecified atom stereocenters. The topological polar surface area (TPSA) is 200 Å². The summed E-state index contributed by atoms with van der Waals surface area (Å²) in [6.07, 6.45) is 0. The quantitative estimate of drug-likeness (QED) is 0.117. The molecular weight excluding hydrogens is 632 g/mol. The van der Waals surface area contributed by atoms with Crippen LogP contribution in [0.25, 0.3) is 0 Å². The van der Waals surface area contributed by atoms with E-state index in [1.807, 2.05) is 12.1 Å². The lowest BCUT2D eigenvalue weighted by Gasteiger charge is -2.45. The minimum absolute atomic E-state index is 0.239. The van der Waals surface area contributed by atoms with Gasteiger partial charge in [0, 0.05) is 46.8 Å². The zero-order valence-electron chi connectivity index (χ0n) is 26.3. The Kier molecular flexibility index (Phi) is 10.0. The summed E-state index contributed by atoms with van der Waals surface area (Å²) in [7, 11) is 1.80. The largest absolute Gasteiger partial charge is 0.481 e.